The highest BCUT2D eigenvalue weighted by Crippen LogP contribution is 2.25. The van der Waals surface area contributed by atoms with E-state index in [-0.39, 0.29) is 10.9 Å². The van der Waals surface area contributed by atoms with Crippen molar-refractivity contribution in [2.75, 3.05) is 7.11 Å². The van der Waals surface area contributed by atoms with E-state index in [0.717, 1.165) is 23.0 Å². The van der Waals surface area contributed by atoms with Crippen molar-refractivity contribution in [1.82, 2.24) is 13.5 Å². The van der Waals surface area contributed by atoms with Gasteiger partial charge in [-0.1, -0.05) is 25.1 Å². The molecule has 0 spiro atoms. The second-order valence-corrected chi connectivity index (χ2v) is 7.45. The van der Waals surface area contributed by atoms with E-state index < -0.39 is 10.0 Å². The molecule has 2 aromatic carbocycles. The van der Waals surface area contributed by atoms with E-state index in [1.807, 2.05) is 31.2 Å². The Morgan fingerprint density at radius 3 is 2.58 bits per heavy atom. The van der Waals surface area contributed by atoms with Crippen molar-refractivity contribution in [3.05, 3.63) is 48.0 Å². The average Bonchev–Trinajstić information content (AvgIpc) is 3.08. The molecule has 3 aromatic rings. The van der Waals surface area contributed by atoms with Crippen molar-refractivity contribution in [2.24, 2.45) is 0 Å². The molecule has 0 radical (unpaired) electrons. The predicted molar refractivity (Wildman–Crippen MR) is 93.8 cm³/mol. The van der Waals surface area contributed by atoms with Crippen molar-refractivity contribution in [1.29, 1.82) is 0 Å². The van der Waals surface area contributed by atoms with E-state index in [1.165, 1.54) is 0 Å². The summed E-state index contributed by atoms with van der Waals surface area (Å²) in [5.74, 6) is 0.731. The van der Waals surface area contributed by atoms with Crippen LogP contribution in [0.2, 0.25) is 0 Å². The van der Waals surface area contributed by atoms with E-state index in [2.05, 4.69) is 13.5 Å². The zero-order valence-corrected chi connectivity index (χ0v) is 14.9. The summed E-state index contributed by atoms with van der Waals surface area (Å²) in [7, 11) is -2.11. The molecule has 1 aromatic heterocycles. The van der Waals surface area contributed by atoms with Gasteiger partial charge in [0.15, 0.2) is 0 Å². The SMILES string of the molecule is CCC(NS(=O)(=O)c1cccc2nsnc12)c1ccc(OC)cc1. The highest BCUT2D eigenvalue weighted by molar-refractivity contribution is 7.89. The molecule has 0 saturated carbocycles. The molecule has 0 aliphatic heterocycles. The highest BCUT2D eigenvalue weighted by Gasteiger charge is 2.23. The monoisotopic (exact) mass is 363 g/mol. The van der Waals surface area contributed by atoms with Crippen LogP contribution in [-0.4, -0.2) is 24.3 Å². The first-order chi connectivity index (χ1) is 11.5. The molecule has 126 valence electrons. The maximum atomic E-state index is 12.8. The third-order valence-corrected chi connectivity index (χ3v) is 5.81. The molecule has 24 heavy (non-hydrogen) atoms. The van der Waals surface area contributed by atoms with E-state index in [4.69, 9.17) is 4.74 Å². The first-order valence-corrected chi connectivity index (χ1v) is 9.64. The number of fused-ring (bicyclic) bond motifs is 1. The van der Waals surface area contributed by atoms with Crippen LogP contribution in [0.25, 0.3) is 11.0 Å². The zero-order chi connectivity index (χ0) is 17.2. The van der Waals surface area contributed by atoms with Gasteiger partial charge in [-0.15, -0.1) is 0 Å². The highest BCUT2D eigenvalue weighted by atomic mass is 32.2. The second-order valence-electron chi connectivity index (χ2n) is 5.24. The van der Waals surface area contributed by atoms with Gasteiger partial charge >= 0.3 is 0 Å². The number of hydrogen-bond donors (Lipinski definition) is 1. The molecule has 1 unspecified atom stereocenters. The van der Waals surface area contributed by atoms with Gasteiger partial charge in [-0.25, -0.2) is 13.1 Å². The van der Waals surface area contributed by atoms with Gasteiger partial charge in [0.1, 0.15) is 21.7 Å². The smallest absolute Gasteiger partial charge is 0.243 e. The van der Waals surface area contributed by atoms with E-state index in [9.17, 15) is 8.42 Å². The van der Waals surface area contributed by atoms with Crippen LogP contribution < -0.4 is 9.46 Å². The van der Waals surface area contributed by atoms with Crippen LogP contribution in [0, 0.1) is 0 Å². The molecule has 0 fully saturated rings. The normalized spacial score (nSPS) is 13.1. The van der Waals surface area contributed by atoms with Crippen LogP contribution in [-0.2, 0) is 10.0 Å². The quantitative estimate of drug-likeness (QED) is 0.728. The minimum absolute atomic E-state index is 0.153. The molecular weight excluding hydrogens is 346 g/mol. The van der Waals surface area contributed by atoms with Crippen molar-refractivity contribution in [2.45, 2.75) is 24.3 Å². The summed E-state index contributed by atoms with van der Waals surface area (Å²) in [5, 5.41) is 0. The number of ether oxygens (including phenoxy) is 1. The number of nitrogens with one attached hydrogen (secondary N) is 1. The molecule has 0 aliphatic rings. The molecule has 0 bridgehead atoms. The van der Waals surface area contributed by atoms with Gasteiger partial charge in [-0.05, 0) is 36.2 Å². The molecule has 6 nitrogen and oxygen atoms in total. The fourth-order valence-corrected chi connectivity index (χ4v) is 4.55. The van der Waals surface area contributed by atoms with Crippen molar-refractivity contribution in [3.8, 4) is 5.75 Å². The minimum atomic E-state index is -3.71. The topological polar surface area (TPSA) is 81.2 Å². The summed E-state index contributed by atoms with van der Waals surface area (Å²) in [6, 6.07) is 12.0. The van der Waals surface area contributed by atoms with Crippen molar-refractivity contribution < 1.29 is 13.2 Å². The van der Waals surface area contributed by atoms with Gasteiger partial charge in [0.25, 0.3) is 0 Å². The molecular formula is C16H17N3O3S2. The second kappa shape index (κ2) is 6.84. The van der Waals surface area contributed by atoms with Crippen LogP contribution in [0.1, 0.15) is 24.9 Å². The minimum Gasteiger partial charge on any atom is -0.497 e. The van der Waals surface area contributed by atoms with Crippen LogP contribution in [0.5, 0.6) is 5.75 Å². The summed E-state index contributed by atoms with van der Waals surface area (Å²) in [6.45, 7) is 1.93. The number of hydrogen-bond acceptors (Lipinski definition) is 6. The van der Waals surface area contributed by atoms with Crippen LogP contribution in [0.4, 0.5) is 0 Å². The van der Waals surface area contributed by atoms with Gasteiger partial charge in [0.05, 0.1) is 18.8 Å². The van der Waals surface area contributed by atoms with Crippen LogP contribution >= 0.6 is 11.7 Å². The van der Waals surface area contributed by atoms with Crippen LogP contribution in [0.15, 0.2) is 47.4 Å². The summed E-state index contributed by atoms with van der Waals surface area (Å²) >= 11 is 1.00. The standard InChI is InChI=1S/C16H17N3O3S2/c1-3-13(11-7-9-12(22-2)10-8-11)19-24(20,21)15-6-4-5-14-16(15)18-23-17-14/h4-10,13,19H,3H2,1-2H3. The first kappa shape index (κ1) is 16.8. The maximum Gasteiger partial charge on any atom is 0.243 e. The van der Waals surface area contributed by atoms with Crippen LogP contribution in [0.3, 0.4) is 0 Å². The van der Waals surface area contributed by atoms with Crippen molar-refractivity contribution >= 4 is 32.8 Å². The Labute approximate surface area is 144 Å². The maximum absolute atomic E-state index is 12.8. The molecule has 8 heteroatoms. The summed E-state index contributed by atoms with van der Waals surface area (Å²) < 4.78 is 41.7. The van der Waals surface area contributed by atoms with Crippen molar-refractivity contribution in [3.63, 3.8) is 0 Å². The lowest BCUT2D eigenvalue weighted by Gasteiger charge is -2.18. The lowest BCUT2D eigenvalue weighted by Crippen LogP contribution is -2.28. The number of nitrogens with zero attached hydrogens (tertiary/aromatic N) is 2. The summed E-state index contributed by atoms with van der Waals surface area (Å²) in [4.78, 5) is 0.153. The Morgan fingerprint density at radius 2 is 1.92 bits per heavy atom. The fourth-order valence-electron chi connectivity index (χ4n) is 2.47. The number of methoxy groups -OCH3 is 1. The lowest BCUT2D eigenvalue weighted by atomic mass is 10.1. The number of aromatic nitrogens is 2. The van der Waals surface area contributed by atoms with Gasteiger partial charge in [0, 0.05) is 6.04 Å². The summed E-state index contributed by atoms with van der Waals surface area (Å²) in [5.41, 5.74) is 1.87. The zero-order valence-electron chi connectivity index (χ0n) is 13.3. The van der Waals surface area contributed by atoms with E-state index in [0.29, 0.717) is 17.5 Å². The number of rotatable bonds is 6. The van der Waals surface area contributed by atoms with E-state index in [1.54, 1.807) is 25.3 Å². The lowest BCUT2D eigenvalue weighted by molar-refractivity contribution is 0.414. The molecule has 1 atom stereocenters. The number of benzene rings is 2. The molecule has 0 aliphatic carbocycles. The fraction of sp³-hybridized carbons (Fsp3) is 0.250. The number of sulfonamides is 1. The Balaban J connectivity index is 1.93. The molecule has 0 amide bonds. The Kier molecular flexibility index (Phi) is 4.79. The molecule has 0 saturated heterocycles. The van der Waals surface area contributed by atoms with Gasteiger partial charge in [-0.3, -0.25) is 0 Å². The van der Waals surface area contributed by atoms with Gasteiger partial charge in [0.2, 0.25) is 10.0 Å². The van der Waals surface area contributed by atoms with E-state index >= 15 is 0 Å². The third kappa shape index (κ3) is 3.26. The largest absolute Gasteiger partial charge is 0.497 e. The molecule has 3 rings (SSSR count). The van der Waals surface area contributed by atoms with Gasteiger partial charge < -0.3 is 4.74 Å². The first-order valence-electron chi connectivity index (χ1n) is 7.42. The Hall–Kier alpha value is -2.03. The Bertz CT molecular complexity index is 937. The molecule has 1 N–H and O–H groups in total. The average molecular weight is 363 g/mol. The van der Waals surface area contributed by atoms with Gasteiger partial charge in [-0.2, -0.15) is 8.75 Å². The summed E-state index contributed by atoms with van der Waals surface area (Å²) in [6.07, 6.45) is 0.622. The molecule has 1 heterocycles. The predicted octanol–water partition coefficient (Wildman–Crippen LogP) is 3.13. The third-order valence-electron chi connectivity index (χ3n) is 3.76. The Morgan fingerprint density at radius 1 is 1.17 bits per heavy atom.